The Hall–Kier alpha value is -0.950. The lowest BCUT2D eigenvalue weighted by molar-refractivity contribution is 0.415. The van der Waals surface area contributed by atoms with Crippen molar-refractivity contribution >= 4 is 23.2 Å². The van der Waals surface area contributed by atoms with Gasteiger partial charge in [0.25, 0.3) is 0 Å². The van der Waals surface area contributed by atoms with E-state index in [2.05, 4.69) is 0 Å². The number of halogens is 2. The molecule has 0 aliphatic carbocycles. The first-order valence-electron chi connectivity index (χ1n) is 3.79. The van der Waals surface area contributed by atoms with Crippen molar-refractivity contribution in [2.75, 3.05) is 7.11 Å². The van der Waals surface area contributed by atoms with E-state index in [4.69, 9.17) is 38.9 Å². The number of nitrogens with two attached hydrogens (primary N) is 1. The summed E-state index contributed by atoms with van der Waals surface area (Å²) in [4.78, 5) is 0. The first-order chi connectivity index (χ1) is 6.61. The van der Waals surface area contributed by atoms with Crippen LogP contribution in [-0.2, 0) is 0 Å². The first-order valence-corrected chi connectivity index (χ1v) is 4.54. The molecule has 1 aromatic carbocycles. The van der Waals surface area contributed by atoms with Crippen molar-refractivity contribution in [2.45, 2.75) is 6.04 Å². The van der Waals surface area contributed by atoms with Gasteiger partial charge in [-0.25, -0.2) is 0 Å². The lowest BCUT2D eigenvalue weighted by Gasteiger charge is -2.10. The number of nitriles is 1. The maximum Gasteiger partial charge on any atom is 0.139 e. The van der Waals surface area contributed by atoms with Gasteiger partial charge in [-0.05, 0) is 6.07 Å². The summed E-state index contributed by atoms with van der Waals surface area (Å²) in [6, 6.07) is 4.36. The van der Waals surface area contributed by atoms with Gasteiger partial charge < -0.3 is 10.5 Å². The van der Waals surface area contributed by atoms with Crippen LogP contribution in [0.4, 0.5) is 0 Å². The van der Waals surface area contributed by atoms with Crippen LogP contribution in [0.1, 0.15) is 11.6 Å². The standard InChI is InChI=1S/C9H8Cl2N2O/c1-14-7-3-2-5(6(13)4-12)8(10)9(7)11/h2-3,6H,13H2,1H3. The van der Waals surface area contributed by atoms with E-state index in [0.717, 1.165) is 0 Å². The fourth-order valence-electron chi connectivity index (χ4n) is 1.01. The number of ether oxygens (including phenoxy) is 1. The number of hydrogen-bond donors (Lipinski definition) is 1. The second-order valence-corrected chi connectivity index (χ2v) is 3.35. The Morgan fingerprint density at radius 2 is 2.07 bits per heavy atom. The summed E-state index contributed by atoms with van der Waals surface area (Å²) < 4.78 is 4.95. The molecule has 0 spiro atoms. The van der Waals surface area contributed by atoms with Crippen molar-refractivity contribution in [1.29, 1.82) is 5.26 Å². The fourth-order valence-corrected chi connectivity index (χ4v) is 1.54. The van der Waals surface area contributed by atoms with Crippen LogP contribution in [-0.4, -0.2) is 7.11 Å². The van der Waals surface area contributed by atoms with Gasteiger partial charge in [-0.15, -0.1) is 0 Å². The van der Waals surface area contributed by atoms with E-state index >= 15 is 0 Å². The van der Waals surface area contributed by atoms with Crippen LogP contribution in [0.5, 0.6) is 5.75 Å². The molecular formula is C9H8Cl2N2O. The van der Waals surface area contributed by atoms with Crippen molar-refractivity contribution in [3.63, 3.8) is 0 Å². The van der Waals surface area contributed by atoms with Gasteiger partial charge in [0.1, 0.15) is 16.8 Å². The minimum atomic E-state index is -0.772. The Labute approximate surface area is 92.0 Å². The summed E-state index contributed by atoms with van der Waals surface area (Å²) in [5.41, 5.74) is 6.01. The topological polar surface area (TPSA) is 59.0 Å². The minimum Gasteiger partial charge on any atom is -0.495 e. The molecule has 0 aliphatic rings. The molecule has 14 heavy (non-hydrogen) atoms. The number of methoxy groups -OCH3 is 1. The quantitative estimate of drug-likeness (QED) is 0.850. The maximum atomic E-state index is 8.62. The molecule has 0 amide bonds. The number of rotatable bonds is 2. The highest BCUT2D eigenvalue weighted by molar-refractivity contribution is 6.43. The third-order valence-corrected chi connectivity index (χ3v) is 2.65. The van der Waals surface area contributed by atoms with Gasteiger partial charge in [0.15, 0.2) is 0 Å². The van der Waals surface area contributed by atoms with Gasteiger partial charge in [0.2, 0.25) is 0 Å². The highest BCUT2D eigenvalue weighted by Gasteiger charge is 2.14. The van der Waals surface area contributed by atoms with Crippen LogP contribution in [0, 0.1) is 11.3 Å². The molecule has 0 aromatic heterocycles. The molecule has 1 atom stereocenters. The Kier molecular flexibility index (Phi) is 3.59. The van der Waals surface area contributed by atoms with Gasteiger partial charge in [-0.1, -0.05) is 29.3 Å². The summed E-state index contributed by atoms with van der Waals surface area (Å²) >= 11 is 11.8. The Bertz CT molecular complexity index is 387. The lowest BCUT2D eigenvalue weighted by Crippen LogP contribution is -2.08. The zero-order valence-corrected chi connectivity index (χ0v) is 8.93. The summed E-state index contributed by atoms with van der Waals surface area (Å²) in [5.74, 6) is 0.463. The van der Waals surface area contributed by atoms with Crippen molar-refractivity contribution in [3.8, 4) is 11.8 Å². The highest BCUT2D eigenvalue weighted by Crippen LogP contribution is 2.36. The second kappa shape index (κ2) is 4.52. The van der Waals surface area contributed by atoms with E-state index in [1.165, 1.54) is 7.11 Å². The Balaban J connectivity index is 3.25. The molecule has 0 fully saturated rings. The third-order valence-electron chi connectivity index (χ3n) is 1.77. The Morgan fingerprint density at radius 3 is 2.57 bits per heavy atom. The minimum absolute atomic E-state index is 0.264. The molecule has 0 radical (unpaired) electrons. The predicted molar refractivity (Wildman–Crippen MR) is 55.6 cm³/mol. The molecule has 3 nitrogen and oxygen atoms in total. The predicted octanol–water partition coefficient (Wildman–Crippen LogP) is 2.53. The number of benzene rings is 1. The van der Waals surface area contributed by atoms with Crippen LogP contribution >= 0.6 is 23.2 Å². The average molecular weight is 231 g/mol. The largest absolute Gasteiger partial charge is 0.495 e. The Morgan fingerprint density at radius 1 is 1.43 bits per heavy atom. The van der Waals surface area contributed by atoms with Gasteiger partial charge >= 0.3 is 0 Å². The summed E-state index contributed by atoms with van der Waals surface area (Å²) in [5, 5.41) is 9.16. The first kappa shape index (κ1) is 11.1. The summed E-state index contributed by atoms with van der Waals surface area (Å²) in [6.07, 6.45) is 0. The summed E-state index contributed by atoms with van der Waals surface area (Å²) in [6.45, 7) is 0. The molecule has 1 rings (SSSR count). The highest BCUT2D eigenvalue weighted by atomic mass is 35.5. The second-order valence-electron chi connectivity index (χ2n) is 2.59. The van der Waals surface area contributed by atoms with Crippen LogP contribution in [0.3, 0.4) is 0 Å². The molecule has 5 heteroatoms. The SMILES string of the molecule is COc1ccc(C(N)C#N)c(Cl)c1Cl. The van der Waals surface area contributed by atoms with E-state index in [9.17, 15) is 0 Å². The molecule has 0 saturated heterocycles. The van der Waals surface area contributed by atoms with Crippen molar-refractivity contribution in [2.24, 2.45) is 5.73 Å². The number of hydrogen-bond acceptors (Lipinski definition) is 3. The zero-order chi connectivity index (χ0) is 10.7. The molecular weight excluding hydrogens is 223 g/mol. The molecule has 0 aliphatic heterocycles. The van der Waals surface area contributed by atoms with Crippen molar-refractivity contribution in [3.05, 3.63) is 27.7 Å². The maximum absolute atomic E-state index is 8.62. The van der Waals surface area contributed by atoms with E-state index in [1.54, 1.807) is 12.1 Å². The van der Waals surface area contributed by atoms with E-state index in [1.807, 2.05) is 6.07 Å². The zero-order valence-electron chi connectivity index (χ0n) is 7.42. The monoisotopic (exact) mass is 230 g/mol. The fraction of sp³-hybridized carbons (Fsp3) is 0.222. The summed E-state index contributed by atoms with van der Waals surface area (Å²) in [7, 11) is 1.49. The van der Waals surface area contributed by atoms with E-state index in [0.29, 0.717) is 11.3 Å². The van der Waals surface area contributed by atoms with Crippen LogP contribution in [0.2, 0.25) is 10.0 Å². The smallest absolute Gasteiger partial charge is 0.139 e. The van der Waals surface area contributed by atoms with Crippen molar-refractivity contribution < 1.29 is 4.74 Å². The van der Waals surface area contributed by atoms with Gasteiger partial charge in [0.05, 0.1) is 18.2 Å². The van der Waals surface area contributed by atoms with Gasteiger partial charge in [-0.3, -0.25) is 0 Å². The van der Waals surface area contributed by atoms with E-state index < -0.39 is 6.04 Å². The third kappa shape index (κ3) is 1.93. The number of nitrogens with zero attached hydrogens (tertiary/aromatic N) is 1. The lowest BCUT2D eigenvalue weighted by atomic mass is 10.1. The van der Waals surface area contributed by atoms with Crippen LogP contribution < -0.4 is 10.5 Å². The van der Waals surface area contributed by atoms with Gasteiger partial charge in [0, 0.05) is 5.56 Å². The average Bonchev–Trinajstić information content (AvgIpc) is 2.21. The molecule has 0 heterocycles. The van der Waals surface area contributed by atoms with Crippen LogP contribution in [0.15, 0.2) is 12.1 Å². The normalized spacial score (nSPS) is 11.9. The molecule has 1 unspecified atom stereocenters. The van der Waals surface area contributed by atoms with Crippen molar-refractivity contribution in [1.82, 2.24) is 0 Å². The molecule has 74 valence electrons. The molecule has 2 N–H and O–H groups in total. The van der Waals surface area contributed by atoms with Crippen LogP contribution in [0.25, 0.3) is 0 Å². The van der Waals surface area contributed by atoms with E-state index in [-0.39, 0.29) is 10.0 Å². The van der Waals surface area contributed by atoms with Gasteiger partial charge in [-0.2, -0.15) is 5.26 Å². The molecule has 0 bridgehead atoms. The molecule has 1 aromatic rings. The molecule has 0 saturated carbocycles.